The van der Waals surface area contributed by atoms with E-state index in [0.29, 0.717) is 4.31 Å². The molecule has 0 aromatic heterocycles. The van der Waals surface area contributed by atoms with Gasteiger partial charge in [-0.2, -0.15) is 4.31 Å². The lowest BCUT2D eigenvalue weighted by atomic mass is 10.4. The summed E-state index contributed by atoms with van der Waals surface area (Å²) in [5.41, 5.74) is 9.90. The van der Waals surface area contributed by atoms with Crippen molar-refractivity contribution in [1.82, 2.24) is 4.31 Å². The molecule has 2 amide bonds. The predicted octanol–water partition coefficient (Wildman–Crippen LogP) is -0.699. The number of amides is 2. The minimum absolute atomic E-state index is 0.150. The van der Waals surface area contributed by atoms with Crippen molar-refractivity contribution in [2.45, 2.75) is 4.90 Å². The maximum Gasteiger partial charge on any atom is 0.244 e. The molecule has 7 nitrogen and oxygen atoms in total. The van der Waals surface area contributed by atoms with E-state index in [0.717, 1.165) is 0 Å². The van der Waals surface area contributed by atoms with Crippen LogP contribution in [0.15, 0.2) is 29.2 Å². The molecule has 1 rings (SSSR count). The lowest BCUT2D eigenvalue weighted by molar-refractivity contribution is -0.120. The van der Waals surface area contributed by atoms with E-state index in [1.54, 1.807) is 0 Å². The van der Waals surface area contributed by atoms with E-state index in [4.69, 9.17) is 23.1 Å². The normalized spacial score (nSPS) is 11.5. The molecule has 0 aliphatic carbocycles. The van der Waals surface area contributed by atoms with E-state index in [1.807, 2.05) is 0 Å². The van der Waals surface area contributed by atoms with Crippen LogP contribution in [0.5, 0.6) is 0 Å². The SMILES string of the molecule is NC(=O)CN(CC(N)=O)S(=O)(=O)c1cccc(Cl)c1. The first-order valence-electron chi connectivity index (χ1n) is 5.06. The number of nitrogens with two attached hydrogens (primary N) is 2. The molecule has 0 spiro atoms. The Hall–Kier alpha value is -1.64. The molecule has 104 valence electrons. The number of carbonyl (C=O) groups excluding carboxylic acids is 2. The highest BCUT2D eigenvalue weighted by atomic mass is 35.5. The van der Waals surface area contributed by atoms with Gasteiger partial charge in [0.25, 0.3) is 0 Å². The number of carbonyl (C=O) groups is 2. The zero-order valence-electron chi connectivity index (χ0n) is 9.74. The molecule has 0 bridgehead atoms. The number of rotatable bonds is 6. The van der Waals surface area contributed by atoms with Crippen LogP contribution in [0.3, 0.4) is 0 Å². The second-order valence-corrected chi connectivity index (χ2v) is 6.04. The summed E-state index contributed by atoms with van der Waals surface area (Å²) in [6, 6.07) is 5.41. The Labute approximate surface area is 115 Å². The summed E-state index contributed by atoms with van der Waals surface area (Å²) in [6.45, 7) is -1.28. The largest absolute Gasteiger partial charge is 0.369 e. The fourth-order valence-electron chi connectivity index (χ4n) is 1.35. The third-order valence-electron chi connectivity index (χ3n) is 2.10. The number of nitrogens with zero attached hydrogens (tertiary/aromatic N) is 1. The molecule has 0 unspecified atom stereocenters. The smallest absolute Gasteiger partial charge is 0.244 e. The van der Waals surface area contributed by atoms with Crippen molar-refractivity contribution < 1.29 is 18.0 Å². The van der Waals surface area contributed by atoms with Crippen LogP contribution in [-0.2, 0) is 19.6 Å². The van der Waals surface area contributed by atoms with Gasteiger partial charge in [0.2, 0.25) is 21.8 Å². The van der Waals surface area contributed by atoms with Crippen LogP contribution in [0, 0.1) is 0 Å². The summed E-state index contributed by atoms with van der Waals surface area (Å²) in [5.74, 6) is -1.79. The molecular formula is C10H12ClN3O4S. The fourth-order valence-corrected chi connectivity index (χ4v) is 3.02. The fraction of sp³-hybridized carbons (Fsp3) is 0.200. The number of halogens is 1. The number of hydrogen-bond donors (Lipinski definition) is 2. The zero-order chi connectivity index (χ0) is 14.6. The molecule has 0 fully saturated rings. The molecular weight excluding hydrogens is 294 g/mol. The lowest BCUT2D eigenvalue weighted by Crippen LogP contribution is -2.43. The first-order chi connectivity index (χ1) is 8.73. The highest BCUT2D eigenvalue weighted by molar-refractivity contribution is 7.89. The molecule has 0 radical (unpaired) electrons. The van der Waals surface area contributed by atoms with Gasteiger partial charge >= 0.3 is 0 Å². The van der Waals surface area contributed by atoms with Crippen LogP contribution in [0.1, 0.15) is 0 Å². The van der Waals surface area contributed by atoms with Crippen molar-refractivity contribution >= 4 is 33.4 Å². The number of sulfonamides is 1. The third kappa shape index (κ3) is 4.19. The molecule has 0 saturated heterocycles. The van der Waals surface area contributed by atoms with Gasteiger partial charge in [-0.15, -0.1) is 0 Å². The Morgan fingerprint density at radius 3 is 2.11 bits per heavy atom. The number of hydrogen-bond acceptors (Lipinski definition) is 4. The average molecular weight is 306 g/mol. The Kier molecular flexibility index (Phi) is 4.87. The maximum atomic E-state index is 12.2. The second-order valence-electron chi connectivity index (χ2n) is 3.66. The van der Waals surface area contributed by atoms with Crippen LogP contribution in [-0.4, -0.2) is 37.6 Å². The first kappa shape index (κ1) is 15.4. The van der Waals surface area contributed by atoms with E-state index in [-0.39, 0.29) is 9.92 Å². The number of benzene rings is 1. The van der Waals surface area contributed by atoms with Crippen molar-refractivity contribution in [1.29, 1.82) is 0 Å². The predicted molar refractivity (Wildman–Crippen MR) is 68.6 cm³/mol. The molecule has 19 heavy (non-hydrogen) atoms. The van der Waals surface area contributed by atoms with Gasteiger partial charge in [-0.1, -0.05) is 17.7 Å². The molecule has 9 heteroatoms. The summed E-state index contributed by atoms with van der Waals surface area (Å²) < 4.78 is 25.0. The van der Waals surface area contributed by atoms with Crippen LogP contribution < -0.4 is 11.5 Å². The van der Waals surface area contributed by atoms with E-state index in [1.165, 1.54) is 24.3 Å². The molecule has 0 aliphatic heterocycles. The van der Waals surface area contributed by atoms with Crippen molar-refractivity contribution in [3.05, 3.63) is 29.3 Å². The Morgan fingerprint density at radius 2 is 1.68 bits per heavy atom. The van der Waals surface area contributed by atoms with Gasteiger partial charge in [0, 0.05) is 5.02 Å². The Bertz CT molecular complexity index is 587. The molecule has 0 saturated carbocycles. The van der Waals surface area contributed by atoms with Gasteiger partial charge in [-0.05, 0) is 18.2 Å². The Balaban J connectivity index is 3.18. The summed E-state index contributed by atoms with van der Waals surface area (Å²) in [5, 5.41) is 0.208. The van der Waals surface area contributed by atoms with E-state index in [9.17, 15) is 18.0 Å². The minimum Gasteiger partial charge on any atom is -0.369 e. The van der Waals surface area contributed by atoms with Crippen molar-refractivity contribution in [3.8, 4) is 0 Å². The monoisotopic (exact) mass is 305 g/mol. The molecule has 0 heterocycles. The molecule has 4 N–H and O–H groups in total. The minimum atomic E-state index is -4.07. The van der Waals surface area contributed by atoms with Gasteiger partial charge in [0.05, 0.1) is 18.0 Å². The molecule has 1 aromatic carbocycles. The maximum absolute atomic E-state index is 12.2. The van der Waals surface area contributed by atoms with Crippen molar-refractivity contribution in [3.63, 3.8) is 0 Å². The number of primary amides is 2. The zero-order valence-corrected chi connectivity index (χ0v) is 11.3. The standard InChI is InChI=1S/C10H12ClN3O4S/c11-7-2-1-3-8(4-7)19(17,18)14(5-9(12)15)6-10(13)16/h1-4H,5-6H2,(H2,12,15)(H2,13,16). The van der Waals surface area contributed by atoms with Crippen molar-refractivity contribution in [2.75, 3.05) is 13.1 Å². The van der Waals surface area contributed by atoms with E-state index >= 15 is 0 Å². The van der Waals surface area contributed by atoms with Crippen molar-refractivity contribution in [2.24, 2.45) is 11.5 Å². The van der Waals surface area contributed by atoms with Gasteiger partial charge in [-0.25, -0.2) is 8.42 Å². The summed E-state index contributed by atoms with van der Waals surface area (Å²) in [7, 11) is -4.07. The molecule has 0 aliphatic rings. The van der Waals surface area contributed by atoms with Crippen LogP contribution in [0.4, 0.5) is 0 Å². The van der Waals surface area contributed by atoms with E-state index < -0.39 is 34.9 Å². The highest BCUT2D eigenvalue weighted by Gasteiger charge is 2.27. The molecule has 0 atom stereocenters. The summed E-state index contributed by atoms with van der Waals surface area (Å²) in [4.78, 5) is 21.6. The summed E-state index contributed by atoms with van der Waals surface area (Å²) in [6.07, 6.45) is 0. The van der Waals surface area contributed by atoms with Crippen LogP contribution in [0.2, 0.25) is 5.02 Å². The first-order valence-corrected chi connectivity index (χ1v) is 6.87. The highest BCUT2D eigenvalue weighted by Crippen LogP contribution is 2.19. The quantitative estimate of drug-likeness (QED) is 0.721. The van der Waals surface area contributed by atoms with Gasteiger partial charge in [0.1, 0.15) is 0 Å². The van der Waals surface area contributed by atoms with Gasteiger partial charge in [-0.3, -0.25) is 9.59 Å². The average Bonchev–Trinajstić information content (AvgIpc) is 2.26. The van der Waals surface area contributed by atoms with Crippen LogP contribution in [0.25, 0.3) is 0 Å². The van der Waals surface area contributed by atoms with Crippen LogP contribution >= 0.6 is 11.6 Å². The van der Waals surface area contributed by atoms with Gasteiger partial charge < -0.3 is 11.5 Å². The summed E-state index contributed by atoms with van der Waals surface area (Å²) >= 11 is 5.70. The second kappa shape index (κ2) is 6.00. The lowest BCUT2D eigenvalue weighted by Gasteiger charge is -2.19. The van der Waals surface area contributed by atoms with Gasteiger partial charge in [0.15, 0.2) is 0 Å². The third-order valence-corrected chi connectivity index (χ3v) is 4.12. The Morgan fingerprint density at radius 1 is 1.16 bits per heavy atom. The van der Waals surface area contributed by atoms with E-state index in [2.05, 4.69) is 0 Å². The topological polar surface area (TPSA) is 124 Å². The molecule has 1 aromatic rings.